The van der Waals surface area contributed by atoms with Crippen molar-refractivity contribution in [3.05, 3.63) is 70.5 Å². The van der Waals surface area contributed by atoms with E-state index in [1.165, 1.54) is 17.7 Å². The second-order valence-corrected chi connectivity index (χ2v) is 8.84. The van der Waals surface area contributed by atoms with Gasteiger partial charge in [0, 0.05) is 36.3 Å². The van der Waals surface area contributed by atoms with E-state index >= 15 is 0 Å². The number of nitrogens with zero attached hydrogens (tertiary/aromatic N) is 1. The zero-order valence-electron chi connectivity index (χ0n) is 14.4. The van der Waals surface area contributed by atoms with Crippen LogP contribution >= 0.6 is 11.6 Å². The second kappa shape index (κ2) is 8.48. The predicted molar refractivity (Wildman–Crippen MR) is 102 cm³/mol. The fraction of sp³-hybridized carbons (Fsp3) is 0.368. The average Bonchev–Trinajstić information content (AvgIpc) is 2.60. The van der Waals surface area contributed by atoms with Gasteiger partial charge in [0.2, 0.25) is 10.0 Å². The SMILES string of the molecule is O=S(=O)(Cc1ccc(Cl)cc1F)NC1CCN(Cc2ccccc2)CC1. The average molecular weight is 397 g/mol. The van der Waals surface area contributed by atoms with Gasteiger partial charge in [0.05, 0.1) is 5.75 Å². The van der Waals surface area contributed by atoms with Crippen molar-refractivity contribution in [3.8, 4) is 0 Å². The fourth-order valence-electron chi connectivity index (χ4n) is 3.19. The van der Waals surface area contributed by atoms with Crippen molar-refractivity contribution in [2.75, 3.05) is 13.1 Å². The number of hydrogen-bond acceptors (Lipinski definition) is 3. The highest BCUT2D eigenvalue weighted by molar-refractivity contribution is 7.88. The van der Waals surface area contributed by atoms with Crippen molar-refractivity contribution in [2.45, 2.75) is 31.2 Å². The molecule has 0 aliphatic carbocycles. The highest BCUT2D eigenvalue weighted by Crippen LogP contribution is 2.18. The van der Waals surface area contributed by atoms with E-state index in [1.54, 1.807) is 0 Å². The van der Waals surface area contributed by atoms with E-state index in [0.717, 1.165) is 38.5 Å². The summed E-state index contributed by atoms with van der Waals surface area (Å²) in [4.78, 5) is 2.32. The van der Waals surface area contributed by atoms with Gasteiger partial charge in [-0.15, -0.1) is 0 Å². The van der Waals surface area contributed by atoms with Crippen LogP contribution in [0, 0.1) is 5.82 Å². The van der Waals surface area contributed by atoms with Crippen molar-refractivity contribution >= 4 is 21.6 Å². The van der Waals surface area contributed by atoms with E-state index < -0.39 is 15.8 Å². The van der Waals surface area contributed by atoms with Crippen LogP contribution in [-0.4, -0.2) is 32.4 Å². The van der Waals surface area contributed by atoms with E-state index in [2.05, 4.69) is 21.8 Å². The van der Waals surface area contributed by atoms with E-state index in [1.807, 2.05) is 18.2 Å². The third-order valence-corrected chi connectivity index (χ3v) is 6.16. The van der Waals surface area contributed by atoms with Crippen LogP contribution in [0.2, 0.25) is 5.02 Å². The van der Waals surface area contributed by atoms with E-state index in [4.69, 9.17) is 11.6 Å². The standard InChI is InChI=1S/C19H22ClFN2O2S/c20-17-7-6-16(19(21)12-17)14-26(24,25)22-18-8-10-23(11-9-18)13-15-4-2-1-3-5-15/h1-7,12,18,22H,8-11,13-14H2. The first-order valence-electron chi connectivity index (χ1n) is 8.61. The number of rotatable bonds is 6. The monoisotopic (exact) mass is 396 g/mol. The quantitative estimate of drug-likeness (QED) is 0.812. The van der Waals surface area contributed by atoms with Gasteiger partial charge in [-0.1, -0.05) is 48.0 Å². The third-order valence-electron chi connectivity index (χ3n) is 4.54. The van der Waals surface area contributed by atoms with Crippen LogP contribution < -0.4 is 4.72 Å². The molecule has 1 aliphatic rings. The van der Waals surface area contributed by atoms with Crippen molar-refractivity contribution < 1.29 is 12.8 Å². The summed E-state index contributed by atoms with van der Waals surface area (Å²) in [6.45, 7) is 2.53. The van der Waals surface area contributed by atoms with Crippen LogP contribution in [0.25, 0.3) is 0 Å². The Morgan fingerprint density at radius 2 is 1.81 bits per heavy atom. The second-order valence-electron chi connectivity index (χ2n) is 6.65. The van der Waals surface area contributed by atoms with Gasteiger partial charge in [0.25, 0.3) is 0 Å². The third kappa shape index (κ3) is 5.51. The molecule has 1 fully saturated rings. The lowest BCUT2D eigenvalue weighted by atomic mass is 10.1. The summed E-state index contributed by atoms with van der Waals surface area (Å²) in [7, 11) is -3.60. The van der Waals surface area contributed by atoms with Gasteiger partial charge in [-0.05, 0) is 30.5 Å². The van der Waals surface area contributed by atoms with E-state index in [0.29, 0.717) is 0 Å². The van der Waals surface area contributed by atoms with Crippen molar-refractivity contribution in [3.63, 3.8) is 0 Å². The van der Waals surface area contributed by atoms with Gasteiger partial charge >= 0.3 is 0 Å². The Morgan fingerprint density at radius 1 is 1.12 bits per heavy atom. The molecule has 1 N–H and O–H groups in total. The van der Waals surface area contributed by atoms with Gasteiger partial charge in [-0.2, -0.15) is 0 Å². The van der Waals surface area contributed by atoms with Gasteiger partial charge in [-0.3, -0.25) is 4.90 Å². The fourth-order valence-corrected chi connectivity index (χ4v) is 4.82. The molecule has 0 aromatic heterocycles. The number of hydrogen-bond donors (Lipinski definition) is 1. The lowest BCUT2D eigenvalue weighted by Gasteiger charge is -2.32. The maximum absolute atomic E-state index is 13.8. The summed E-state index contributed by atoms with van der Waals surface area (Å²) < 4.78 is 41.3. The van der Waals surface area contributed by atoms with Crippen LogP contribution in [0.15, 0.2) is 48.5 Å². The summed E-state index contributed by atoms with van der Waals surface area (Å²) in [5.41, 5.74) is 1.38. The van der Waals surface area contributed by atoms with E-state index in [9.17, 15) is 12.8 Å². The number of sulfonamides is 1. The van der Waals surface area contributed by atoms with E-state index in [-0.39, 0.29) is 22.4 Å². The number of nitrogens with one attached hydrogen (secondary N) is 1. The lowest BCUT2D eigenvalue weighted by molar-refractivity contribution is 0.200. The summed E-state index contributed by atoms with van der Waals surface area (Å²) in [6, 6.07) is 14.2. The molecule has 0 unspecified atom stereocenters. The molecule has 2 aromatic carbocycles. The molecule has 3 rings (SSSR count). The smallest absolute Gasteiger partial charge is 0.216 e. The molecule has 0 spiro atoms. The summed E-state index contributed by atoms with van der Waals surface area (Å²) >= 11 is 5.71. The zero-order valence-corrected chi connectivity index (χ0v) is 15.9. The molecular weight excluding hydrogens is 375 g/mol. The topological polar surface area (TPSA) is 49.4 Å². The molecule has 1 heterocycles. The number of likely N-dealkylation sites (tertiary alicyclic amines) is 1. The van der Waals surface area contributed by atoms with Gasteiger partial charge in [0.15, 0.2) is 0 Å². The maximum Gasteiger partial charge on any atom is 0.216 e. The first-order valence-corrected chi connectivity index (χ1v) is 10.6. The highest BCUT2D eigenvalue weighted by atomic mass is 35.5. The molecule has 7 heteroatoms. The van der Waals surface area contributed by atoms with Crippen molar-refractivity contribution in [2.24, 2.45) is 0 Å². The molecule has 0 radical (unpaired) electrons. The van der Waals surface area contributed by atoms with Crippen molar-refractivity contribution in [1.82, 2.24) is 9.62 Å². The Hall–Kier alpha value is -1.47. The van der Waals surface area contributed by atoms with Gasteiger partial charge in [-0.25, -0.2) is 17.5 Å². The Morgan fingerprint density at radius 3 is 2.46 bits per heavy atom. The minimum Gasteiger partial charge on any atom is -0.299 e. The van der Waals surface area contributed by atoms with Crippen LogP contribution in [0.4, 0.5) is 4.39 Å². The molecule has 0 atom stereocenters. The molecule has 0 bridgehead atoms. The molecule has 0 amide bonds. The van der Waals surface area contributed by atoms with Gasteiger partial charge in [0.1, 0.15) is 5.82 Å². The Bertz CT molecular complexity index is 838. The number of halogens is 2. The Kier molecular flexibility index (Phi) is 6.29. The number of piperidine rings is 1. The predicted octanol–water partition coefficient (Wildman–Crippen LogP) is 3.56. The van der Waals surface area contributed by atoms with Crippen molar-refractivity contribution in [1.29, 1.82) is 0 Å². The molecule has 0 saturated carbocycles. The molecular formula is C19H22ClFN2O2S. The maximum atomic E-state index is 13.8. The van der Waals surface area contributed by atoms with Crippen LogP contribution in [0.5, 0.6) is 0 Å². The lowest BCUT2D eigenvalue weighted by Crippen LogP contribution is -2.44. The summed E-state index contributed by atoms with van der Waals surface area (Å²) in [6.07, 6.45) is 1.49. The normalized spacial score (nSPS) is 16.7. The Labute approximate surface area is 159 Å². The minimum atomic E-state index is -3.60. The molecule has 2 aromatic rings. The first-order chi connectivity index (χ1) is 12.4. The number of benzene rings is 2. The summed E-state index contributed by atoms with van der Waals surface area (Å²) in [5, 5.41) is 0.252. The minimum absolute atomic E-state index is 0.109. The van der Waals surface area contributed by atoms with Crippen LogP contribution in [-0.2, 0) is 22.3 Å². The molecule has 140 valence electrons. The molecule has 4 nitrogen and oxygen atoms in total. The van der Waals surface area contributed by atoms with Crippen LogP contribution in [0.1, 0.15) is 24.0 Å². The van der Waals surface area contributed by atoms with Gasteiger partial charge < -0.3 is 0 Å². The van der Waals surface area contributed by atoms with Crippen LogP contribution in [0.3, 0.4) is 0 Å². The Balaban J connectivity index is 1.51. The zero-order chi connectivity index (χ0) is 18.6. The largest absolute Gasteiger partial charge is 0.299 e. The molecule has 1 aliphatic heterocycles. The first kappa shape index (κ1) is 19.3. The molecule has 1 saturated heterocycles. The highest BCUT2D eigenvalue weighted by Gasteiger charge is 2.24. The molecule has 26 heavy (non-hydrogen) atoms. The summed E-state index contributed by atoms with van der Waals surface area (Å²) in [5.74, 6) is -0.971.